The van der Waals surface area contributed by atoms with E-state index in [9.17, 15) is 9.59 Å². The molecule has 0 spiro atoms. The van der Waals surface area contributed by atoms with Gasteiger partial charge in [0.25, 0.3) is 0 Å². The molecule has 1 aliphatic rings. The van der Waals surface area contributed by atoms with Crippen LogP contribution in [0.2, 0.25) is 0 Å². The molecule has 2 aromatic carbocycles. The van der Waals surface area contributed by atoms with Crippen LogP contribution in [0.1, 0.15) is 61.9 Å². The van der Waals surface area contributed by atoms with Crippen LogP contribution in [0, 0.1) is 5.92 Å². The summed E-state index contributed by atoms with van der Waals surface area (Å²) in [5.41, 5.74) is 3.61. The van der Waals surface area contributed by atoms with Crippen LogP contribution in [0.4, 0.5) is 5.69 Å². The molecule has 6 nitrogen and oxygen atoms in total. The third-order valence-electron chi connectivity index (χ3n) is 6.56. The molecule has 0 aliphatic carbocycles. The molecule has 2 atom stereocenters. The first-order valence-corrected chi connectivity index (χ1v) is 12.5. The average molecular weight is 480 g/mol. The Kier molecular flexibility index (Phi) is 9.76. The van der Waals surface area contributed by atoms with Crippen molar-refractivity contribution in [3.05, 3.63) is 65.7 Å². The first-order valence-electron chi connectivity index (χ1n) is 12.5. The van der Waals surface area contributed by atoms with E-state index < -0.39 is 6.04 Å². The van der Waals surface area contributed by atoms with Gasteiger partial charge in [0, 0.05) is 18.2 Å². The summed E-state index contributed by atoms with van der Waals surface area (Å²) in [7, 11) is 3.02. The Balaban J connectivity index is 2.01. The summed E-state index contributed by atoms with van der Waals surface area (Å²) in [4.78, 5) is 27.4. The minimum atomic E-state index is -0.440. The SMILES string of the molecule is CCCCCCC1C(c2ccc(C(=O)OC)cc2)=CCN(c2ccc(OC)cc2)C1C(=O)OCC. The van der Waals surface area contributed by atoms with Crippen molar-refractivity contribution < 1.29 is 23.8 Å². The summed E-state index contributed by atoms with van der Waals surface area (Å²) >= 11 is 0. The van der Waals surface area contributed by atoms with Gasteiger partial charge in [0.1, 0.15) is 11.8 Å². The van der Waals surface area contributed by atoms with E-state index >= 15 is 0 Å². The second-order valence-corrected chi connectivity index (χ2v) is 8.73. The number of carbonyl (C=O) groups excluding carboxylic acids is 2. The Labute approximate surface area is 208 Å². The molecule has 1 aliphatic heterocycles. The van der Waals surface area contributed by atoms with E-state index in [-0.39, 0.29) is 17.9 Å². The van der Waals surface area contributed by atoms with Gasteiger partial charge in [0.15, 0.2) is 0 Å². The van der Waals surface area contributed by atoms with E-state index in [1.807, 2.05) is 43.3 Å². The minimum Gasteiger partial charge on any atom is -0.497 e. The number of hydrogen-bond acceptors (Lipinski definition) is 6. The van der Waals surface area contributed by atoms with Crippen molar-refractivity contribution in [2.24, 2.45) is 5.92 Å². The van der Waals surface area contributed by atoms with E-state index in [2.05, 4.69) is 17.9 Å². The summed E-state index contributed by atoms with van der Waals surface area (Å²) in [6, 6.07) is 14.8. The molecule has 2 unspecified atom stereocenters. The molecule has 0 radical (unpaired) electrons. The molecule has 0 bridgehead atoms. The predicted molar refractivity (Wildman–Crippen MR) is 139 cm³/mol. The number of benzene rings is 2. The third kappa shape index (κ3) is 6.44. The summed E-state index contributed by atoms with van der Waals surface area (Å²) in [6.07, 6.45) is 7.56. The van der Waals surface area contributed by atoms with Crippen molar-refractivity contribution in [3.63, 3.8) is 0 Å². The van der Waals surface area contributed by atoms with Crippen molar-refractivity contribution >= 4 is 23.2 Å². The maximum atomic E-state index is 13.4. The first-order chi connectivity index (χ1) is 17.0. The van der Waals surface area contributed by atoms with Gasteiger partial charge in [-0.25, -0.2) is 9.59 Å². The van der Waals surface area contributed by atoms with Gasteiger partial charge in [0.05, 0.1) is 26.4 Å². The van der Waals surface area contributed by atoms with E-state index in [1.165, 1.54) is 13.5 Å². The van der Waals surface area contributed by atoms with Crippen LogP contribution in [0.3, 0.4) is 0 Å². The third-order valence-corrected chi connectivity index (χ3v) is 6.56. The zero-order chi connectivity index (χ0) is 25.2. The number of hydrogen-bond donors (Lipinski definition) is 0. The van der Waals surface area contributed by atoms with Crippen molar-refractivity contribution in [3.8, 4) is 5.75 Å². The summed E-state index contributed by atoms with van der Waals surface area (Å²) in [6.45, 7) is 4.95. The van der Waals surface area contributed by atoms with E-state index in [0.717, 1.165) is 48.3 Å². The normalized spacial score (nSPS) is 17.5. The number of nitrogens with zero attached hydrogens (tertiary/aromatic N) is 1. The highest BCUT2D eigenvalue weighted by Crippen LogP contribution is 2.39. The van der Waals surface area contributed by atoms with Gasteiger partial charge in [-0.2, -0.15) is 0 Å². The molecule has 3 rings (SSSR count). The molecule has 0 N–H and O–H groups in total. The fourth-order valence-electron chi connectivity index (χ4n) is 4.76. The summed E-state index contributed by atoms with van der Waals surface area (Å²) < 4.78 is 15.8. The van der Waals surface area contributed by atoms with Crippen LogP contribution < -0.4 is 9.64 Å². The standard InChI is InChI=1S/C29H37NO5/c1-5-7-8-9-10-26-25(21-11-13-22(14-12-21)28(31)34-4)19-20-30(27(26)29(32)35-6-2)23-15-17-24(33-3)18-16-23/h11-19,26-27H,5-10,20H2,1-4H3. The predicted octanol–water partition coefficient (Wildman–Crippen LogP) is 5.90. The molecule has 35 heavy (non-hydrogen) atoms. The molecule has 6 heteroatoms. The van der Waals surface area contributed by atoms with Crippen LogP contribution in [-0.4, -0.2) is 45.4 Å². The molecule has 0 fully saturated rings. The van der Waals surface area contributed by atoms with Crippen molar-refractivity contribution in [1.29, 1.82) is 0 Å². The molecule has 188 valence electrons. The van der Waals surface area contributed by atoms with Gasteiger partial charge < -0.3 is 19.1 Å². The first kappa shape index (κ1) is 26.3. The lowest BCUT2D eigenvalue weighted by Gasteiger charge is -2.41. The minimum absolute atomic E-state index is 0.0364. The number of rotatable bonds is 11. The van der Waals surface area contributed by atoms with Crippen LogP contribution >= 0.6 is 0 Å². The van der Waals surface area contributed by atoms with Crippen LogP contribution in [-0.2, 0) is 14.3 Å². The number of unbranched alkanes of at least 4 members (excludes halogenated alkanes) is 3. The number of ether oxygens (including phenoxy) is 3. The average Bonchev–Trinajstić information content (AvgIpc) is 2.90. The van der Waals surface area contributed by atoms with Gasteiger partial charge in [-0.1, -0.05) is 50.8 Å². The van der Waals surface area contributed by atoms with E-state index in [1.54, 1.807) is 19.2 Å². The highest BCUT2D eigenvalue weighted by Gasteiger charge is 2.39. The molecule has 0 amide bonds. The fraction of sp³-hybridized carbons (Fsp3) is 0.448. The molecule has 1 heterocycles. The highest BCUT2D eigenvalue weighted by molar-refractivity contribution is 5.90. The maximum Gasteiger partial charge on any atom is 0.337 e. The molecule has 0 saturated carbocycles. The zero-order valence-electron chi connectivity index (χ0n) is 21.3. The van der Waals surface area contributed by atoms with Gasteiger partial charge in [0.2, 0.25) is 0 Å². The second kappa shape index (κ2) is 13.0. The molecular formula is C29H37NO5. The molecule has 0 aromatic heterocycles. The summed E-state index contributed by atoms with van der Waals surface area (Å²) in [5.74, 6) is 0.170. The molecule has 0 saturated heterocycles. The zero-order valence-corrected chi connectivity index (χ0v) is 21.3. The number of anilines is 1. The number of esters is 2. The quantitative estimate of drug-likeness (QED) is 0.295. The Bertz CT molecular complexity index is 997. The fourth-order valence-corrected chi connectivity index (χ4v) is 4.76. The Morgan fingerprint density at radius 2 is 1.66 bits per heavy atom. The lowest BCUT2D eigenvalue weighted by atomic mass is 9.79. The van der Waals surface area contributed by atoms with Gasteiger partial charge in [-0.3, -0.25) is 0 Å². The second-order valence-electron chi connectivity index (χ2n) is 8.73. The maximum absolute atomic E-state index is 13.4. The monoisotopic (exact) mass is 479 g/mol. The lowest BCUT2D eigenvalue weighted by molar-refractivity contribution is -0.145. The Morgan fingerprint density at radius 1 is 0.943 bits per heavy atom. The van der Waals surface area contributed by atoms with Gasteiger partial charge in [-0.15, -0.1) is 0 Å². The van der Waals surface area contributed by atoms with Gasteiger partial charge in [-0.05, 0) is 60.9 Å². The number of methoxy groups -OCH3 is 2. The van der Waals surface area contributed by atoms with Crippen molar-refractivity contribution in [1.82, 2.24) is 0 Å². The van der Waals surface area contributed by atoms with Crippen LogP contribution in [0.25, 0.3) is 5.57 Å². The molecular weight excluding hydrogens is 442 g/mol. The van der Waals surface area contributed by atoms with Crippen molar-refractivity contribution in [2.75, 3.05) is 32.3 Å². The van der Waals surface area contributed by atoms with Crippen LogP contribution in [0.15, 0.2) is 54.6 Å². The highest BCUT2D eigenvalue weighted by atomic mass is 16.5. The Hall–Kier alpha value is -3.28. The van der Waals surface area contributed by atoms with E-state index in [4.69, 9.17) is 14.2 Å². The molecule has 2 aromatic rings. The van der Waals surface area contributed by atoms with Gasteiger partial charge >= 0.3 is 11.9 Å². The van der Waals surface area contributed by atoms with Crippen LogP contribution in [0.5, 0.6) is 5.75 Å². The summed E-state index contributed by atoms with van der Waals surface area (Å²) in [5, 5.41) is 0. The van der Waals surface area contributed by atoms with Crippen molar-refractivity contribution in [2.45, 2.75) is 52.0 Å². The lowest BCUT2D eigenvalue weighted by Crippen LogP contribution is -2.50. The smallest absolute Gasteiger partial charge is 0.337 e. The number of carbonyl (C=O) groups is 2. The Morgan fingerprint density at radius 3 is 2.26 bits per heavy atom. The van der Waals surface area contributed by atoms with E-state index in [0.29, 0.717) is 18.7 Å². The largest absolute Gasteiger partial charge is 0.497 e. The topological polar surface area (TPSA) is 65.1 Å².